The van der Waals surface area contributed by atoms with E-state index in [4.69, 9.17) is 0 Å². The first-order valence-electron chi connectivity index (χ1n) is 6.49. The molecular formula is C17H15NO. The summed E-state index contributed by atoms with van der Waals surface area (Å²) in [5.74, 6) is 0.0990. The summed E-state index contributed by atoms with van der Waals surface area (Å²) in [5, 5.41) is 0. The van der Waals surface area contributed by atoms with Crippen LogP contribution in [-0.2, 0) is 0 Å². The summed E-state index contributed by atoms with van der Waals surface area (Å²) in [6.07, 6.45) is 2.95. The summed E-state index contributed by atoms with van der Waals surface area (Å²) in [4.78, 5) is 14.6. The lowest BCUT2D eigenvalue weighted by Gasteiger charge is -2.21. The number of ketones is 1. The molecule has 0 spiro atoms. The molecule has 0 saturated carbocycles. The lowest BCUT2D eigenvalue weighted by molar-refractivity contribution is 0.103. The molecule has 0 N–H and O–H groups in total. The van der Waals surface area contributed by atoms with Crippen molar-refractivity contribution in [2.24, 2.45) is 0 Å². The van der Waals surface area contributed by atoms with Gasteiger partial charge < -0.3 is 4.90 Å². The number of anilines is 1. The highest BCUT2D eigenvalue weighted by Gasteiger charge is 2.23. The zero-order chi connectivity index (χ0) is 13.1. The van der Waals surface area contributed by atoms with Crippen molar-refractivity contribution in [3.8, 4) is 0 Å². The minimum absolute atomic E-state index is 0.0990. The average Bonchev–Trinajstić information content (AvgIpc) is 2.98. The van der Waals surface area contributed by atoms with Crippen molar-refractivity contribution in [3.05, 3.63) is 78.0 Å². The van der Waals surface area contributed by atoms with Crippen LogP contribution in [0.2, 0.25) is 0 Å². The summed E-state index contributed by atoms with van der Waals surface area (Å²) in [6.45, 7) is 0.873. The Kier molecular flexibility index (Phi) is 3.15. The Morgan fingerprint density at radius 3 is 2.21 bits per heavy atom. The molecule has 2 heteroatoms. The second kappa shape index (κ2) is 5.11. The van der Waals surface area contributed by atoms with Crippen molar-refractivity contribution in [1.29, 1.82) is 0 Å². The molecule has 1 aliphatic rings. The molecule has 0 aliphatic carbocycles. The van der Waals surface area contributed by atoms with Crippen molar-refractivity contribution in [2.45, 2.75) is 6.42 Å². The van der Waals surface area contributed by atoms with E-state index in [1.54, 1.807) is 0 Å². The number of hydrogen-bond donors (Lipinski definition) is 0. The molecule has 1 heterocycles. The Morgan fingerprint density at radius 1 is 0.895 bits per heavy atom. The van der Waals surface area contributed by atoms with Gasteiger partial charge in [0.05, 0.1) is 5.70 Å². The number of Topliss-reactive ketones (excluding diaryl/α,β-unsaturated/α-hetero) is 1. The molecule has 0 fully saturated rings. The SMILES string of the molecule is O=C(C1=CCCN1c1ccccc1)c1ccccc1. The van der Waals surface area contributed by atoms with Crippen molar-refractivity contribution in [3.63, 3.8) is 0 Å². The Labute approximate surface area is 113 Å². The van der Waals surface area contributed by atoms with Gasteiger partial charge >= 0.3 is 0 Å². The average molecular weight is 249 g/mol. The van der Waals surface area contributed by atoms with Gasteiger partial charge in [0.2, 0.25) is 5.78 Å². The van der Waals surface area contributed by atoms with E-state index >= 15 is 0 Å². The molecule has 2 aromatic carbocycles. The van der Waals surface area contributed by atoms with E-state index in [0.29, 0.717) is 0 Å². The number of allylic oxidation sites excluding steroid dienone is 1. The third kappa shape index (κ3) is 2.29. The van der Waals surface area contributed by atoms with Crippen LogP contribution in [0.15, 0.2) is 72.4 Å². The molecule has 0 amide bonds. The van der Waals surface area contributed by atoms with Gasteiger partial charge in [-0.3, -0.25) is 4.79 Å². The van der Waals surface area contributed by atoms with Crippen LogP contribution in [0, 0.1) is 0 Å². The molecule has 94 valence electrons. The Bertz CT molecular complexity index is 602. The van der Waals surface area contributed by atoms with Gasteiger partial charge in [0, 0.05) is 17.8 Å². The van der Waals surface area contributed by atoms with E-state index < -0.39 is 0 Å². The third-order valence-corrected chi connectivity index (χ3v) is 3.32. The van der Waals surface area contributed by atoms with Gasteiger partial charge in [0.15, 0.2) is 0 Å². The maximum Gasteiger partial charge on any atom is 0.209 e. The third-order valence-electron chi connectivity index (χ3n) is 3.32. The highest BCUT2D eigenvalue weighted by atomic mass is 16.1. The fourth-order valence-electron chi connectivity index (χ4n) is 2.39. The molecule has 0 atom stereocenters. The van der Waals surface area contributed by atoms with E-state index in [-0.39, 0.29) is 5.78 Å². The quantitative estimate of drug-likeness (QED) is 0.774. The second-order valence-corrected chi connectivity index (χ2v) is 4.56. The normalized spacial score (nSPS) is 14.3. The summed E-state index contributed by atoms with van der Waals surface area (Å²) >= 11 is 0. The first kappa shape index (κ1) is 11.7. The summed E-state index contributed by atoms with van der Waals surface area (Å²) in [7, 11) is 0. The summed E-state index contributed by atoms with van der Waals surface area (Å²) < 4.78 is 0. The predicted molar refractivity (Wildman–Crippen MR) is 77.3 cm³/mol. The molecule has 1 aliphatic heterocycles. The second-order valence-electron chi connectivity index (χ2n) is 4.56. The molecule has 3 rings (SSSR count). The molecule has 19 heavy (non-hydrogen) atoms. The van der Waals surface area contributed by atoms with E-state index in [0.717, 1.165) is 29.9 Å². The number of nitrogens with zero attached hydrogens (tertiary/aromatic N) is 1. The fraction of sp³-hybridized carbons (Fsp3) is 0.118. The molecule has 0 radical (unpaired) electrons. The van der Waals surface area contributed by atoms with Gasteiger partial charge in [-0.2, -0.15) is 0 Å². The number of hydrogen-bond acceptors (Lipinski definition) is 2. The van der Waals surface area contributed by atoms with Crippen LogP contribution in [0.1, 0.15) is 16.8 Å². The van der Waals surface area contributed by atoms with Gasteiger partial charge in [-0.05, 0) is 18.6 Å². The lowest BCUT2D eigenvalue weighted by atomic mass is 10.1. The number of para-hydroxylation sites is 1. The molecule has 0 saturated heterocycles. The largest absolute Gasteiger partial charge is 0.338 e. The Morgan fingerprint density at radius 2 is 1.53 bits per heavy atom. The lowest BCUT2D eigenvalue weighted by Crippen LogP contribution is -2.23. The standard InChI is InChI=1S/C17H15NO/c19-17(14-8-3-1-4-9-14)16-12-7-13-18(16)15-10-5-2-6-11-15/h1-6,8-12H,7,13H2. The van der Waals surface area contributed by atoms with Gasteiger partial charge in [-0.25, -0.2) is 0 Å². The van der Waals surface area contributed by atoms with Crippen LogP contribution >= 0.6 is 0 Å². The van der Waals surface area contributed by atoms with Crippen LogP contribution in [-0.4, -0.2) is 12.3 Å². The van der Waals surface area contributed by atoms with Crippen molar-refractivity contribution in [2.75, 3.05) is 11.4 Å². The molecule has 0 aromatic heterocycles. The molecule has 0 bridgehead atoms. The first-order chi connectivity index (χ1) is 9.36. The molecule has 2 aromatic rings. The van der Waals surface area contributed by atoms with Crippen molar-refractivity contribution >= 4 is 11.5 Å². The Hall–Kier alpha value is -2.35. The molecule has 0 unspecified atom stereocenters. The minimum Gasteiger partial charge on any atom is -0.338 e. The monoisotopic (exact) mass is 249 g/mol. The van der Waals surface area contributed by atoms with Crippen LogP contribution in [0.4, 0.5) is 5.69 Å². The van der Waals surface area contributed by atoms with Crippen LogP contribution < -0.4 is 4.90 Å². The van der Waals surface area contributed by atoms with Crippen molar-refractivity contribution < 1.29 is 4.79 Å². The summed E-state index contributed by atoms with van der Waals surface area (Å²) in [5.41, 5.74) is 2.62. The zero-order valence-electron chi connectivity index (χ0n) is 10.6. The summed E-state index contributed by atoms with van der Waals surface area (Å²) in [6, 6.07) is 19.5. The van der Waals surface area contributed by atoms with Crippen LogP contribution in [0.3, 0.4) is 0 Å². The van der Waals surface area contributed by atoms with Gasteiger partial charge in [-0.1, -0.05) is 54.6 Å². The highest BCUT2D eigenvalue weighted by molar-refractivity contribution is 6.11. The molecular weight excluding hydrogens is 234 g/mol. The first-order valence-corrected chi connectivity index (χ1v) is 6.49. The Balaban J connectivity index is 1.90. The zero-order valence-corrected chi connectivity index (χ0v) is 10.6. The highest BCUT2D eigenvalue weighted by Crippen LogP contribution is 2.26. The smallest absolute Gasteiger partial charge is 0.209 e. The van der Waals surface area contributed by atoms with E-state index in [1.807, 2.05) is 66.7 Å². The van der Waals surface area contributed by atoms with E-state index in [2.05, 4.69) is 4.90 Å². The number of benzene rings is 2. The maximum absolute atomic E-state index is 12.5. The van der Waals surface area contributed by atoms with Crippen LogP contribution in [0.5, 0.6) is 0 Å². The van der Waals surface area contributed by atoms with E-state index in [1.165, 1.54) is 0 Å². The van der Waals surface area contributed by atoms with Gasteiger partial charge in [0.1, 0.15) is 0 Å². The predicted octanol–water partition coefficient (Wildman–Crippen LogP) is 3.66. The van der Waals surface area contributed by atoms with Gasteiger partial charge in [0.25, 0.3) is 0 Å². The van der Waals surface area contributed by atoms with Crippen LogP contribution in [0.25, 0.3) is 0 Å². The van der Waals surface area contributed by atoms with Gasteiger partial charge in [-0.15, -0.1) is 0 Å². The van der Waals surface area contributed by atoms with Crippen molar-refractivity contribution in [1.82, 2.24) is 0 Å². The molecule has 2 nitrogen and oxygen atoms in total. The maximum atomic E-state index is 12.5. The topological polar surface area (TPSA) is 20.3 Å². The minimum atomic E-state index is 0.0990. The number of rotatable bonds is 3. The number of carbonyl (C=O) groups excluding carboxylic acids is 1. The van der Waals surface area contributed by atoms with E-state index in [9.17, 15) is 4.79 Å². The fourth-order valence-corrected chi connectivity index (χ4v) is 2.39. The number of carbonyl (C=O) groups is 1.